The number of amides is 1. The molecule has 1 amide bonds. The highest BCUT2D eigenvalue weighted by Crippen LogP contribution is 2.26. The first-order valence-electron chi connectivity index (χ1n) is 10.5. The monoisotopic (exact) mass is 423 g/mol. The standard InChI is InChI=1S/C23H29N5O3/c1-5-7-8-16(6-2)14-25-21(29)17-9-11-18(12-10-17)26-27-20-15(3)19(13-24)22(30)28(4)23(20)31/h9-12,16,30H,5-8,14H2,1-4H3,(H,25,29)/t16-/m1/s1. The van der Waals surface area contributed by atoms with Gasteiger partial charge in [-0.15, -0.1) is 5.11 Å². The average Bonchev–Trinajstić information content (AvgIpc) is 2.78. The molecule has 0 aliphatic rings. The highest BCUT2D eigenvalue weighted by molar-refractivity contribution is 5.94. The molecule has 0 bridgehead atoms. The van der Waals surface area contributed by atoms with E-state index in [1.54, 1.807) is 24.3 Å². The summed E-state index contributed by atoms with van der Waals surface area (Å²) in [5, 5.41) is 30.2. The third-order valence-electron chi connectivity index (χ3n) is 5.38. The van der Waals surface area contributed by atoms with E-state index in [1.165, 1.54) is 14.0 Å². The zero-order valence-electron chi connectivity index (χ0n) is 18.5. The van der Waals surface area contributed by atoms with Crippen LogP contribution in [0.4, 0.5) is 11.4 Å². The second-order valence-electron chi connectivity index (χ2n) is 7.52. The van der Waals surface area contributed by atoms with Crippen molar-refractivity contribution in [1.82, 2.24) is 9.88 Å². The van der Waals surface area contributed by atoms with Gasteiger partial charge in [-0.1, -0.05) is 33.1 Å². The minimum Gasteiger partial charge on any atom is -0.493 e. The van der Waals surface area contributed by atoms with E-state index in [2.05, 4.69) is 29.4 Å². The zero-order chi connectivity index (χ0) is 23.0. The van der Waals surface area contributed by atoms with E-state index >= 15 is 0 Å². The van der Waals surface area contributed by atoms with Gasteiger partial charge < -0.3 is 10.4 Å². The van der Waals surface area contributed by atoms with Gasteiger partial charge in [0.2, 0.25) is 5.88 Å². The van der Waals surface area contributed by atoms with Crippen LogP contribution < -0.4 is 10.9 Å². The van der Waals surface area contributed by atoms with E-state index in [4.69, 9.17) is 0 Å². The minimum atomic E-state index is -0.553. The fourth-order valence-electron chi connectivity index (χ4n) is 3.19. The summed E-state index contributed by atoms with van der Waals surface area (Å²) in [6.45, 7) is 6.48. The van der Waals surface area contributed by atoms with Crippen LogP contribution in [0.15, 0.2) is 39.3 Å². The Balaban J connectivity index is 2.12. The number of unbranched alkanes of at least 4 members (excludes halogenated alkanes) is 1. The Morgan fingerprint density at radius 1 is 1.26 bits per heavy atom. The molecular weight excluding hydrogens is 394 g/mol. The van der Waals surface area contributed by atoms with Gasteiger partial charge in [-0.05, 0) is 43.5 Å². The van der Waals surface area contributed by atoms with Crippen LogP contribution in [-0.4, -0.2) is 22.1 Å². The number of nitrogens with zero attached hydrogens (tertiary/aromatic N) is 4. The lowest BCUT2D eigenvalue weighted by molar-refractivity contribution is 0.0946. The second-order valence-corrected chi connectivity index (χ2v) is 7.52. The van der Waals surface area contributed by atoms with Crippen LogP contribution in [0.25, 0.3) is 0 Å². The number of carbonyl (C=O) groups is 1. The van der Waals surface area contributed by atoms with Gasteiger partial charge in [-0.2, -0.15) is 10.4 Å². The van der Waals surface area contributed by atoms with Crippen LogP contribution in [-0.2, 0) is 7.05 Å². The molecule has 0 spiro atoms. The number of rotatable bonds is 9. The van der Waals surface area contributed by atoms with E-state index in [0.717, 1.165) is 30.3 Å². The molecule has 8 nitrogen and oxygen atoms in total. The molecule has 0 saturated heterocycles. The van der Waals surface area contributed by atoms with E-state index in [9.17, 15) is 20.0 Å². The van der Waals surface area contributed by atoms with Crippen molar-refractivity contribution in [2.45, 2.75) is 46.5 Å². The van der Waals surface area contributed by atoms with E-state index in [-0.39, 0.29) is 22.7 Å². The van der Waals surface area contributed by atoms with Gasteiger partial charge in [0, 0.05) is 24.7 Å². The first kappa shape index (κ1) is 23.8. The molecule has 1 aromatic carbocycles. The lowest BCUT2D eigenvalue weighted by Crippen LogP contribution is -2.29. The van der Waals surface area contributed by atoms with Crippen molar-refractivity contribution >= 4 is 17.3 Å². The van der Waals surface area contributed by atoms with Crippen LogP contribution in [0.1, 0.15) is 61.0 Å². The molecule has 0 aliphatic heterocycles. The van der Waals surface area contributed by atoms with Crippen LogP contribution >= 0.6 is 0 Å². The van der Waals surface area contributed by atoms with Crippen molar-refractivity contribution in [1.29, 1.82) is 5.26 Å². The number of hydrogen-bond acceptors (Lipinski definition) is 6. The Hall–Kier alpha value is -3.47. The maximum Gasteiger partial charge on any atom is 0.281 e. The lowest BCUT2D eigenvalue weighted by Gasteiger charge is -2.15. The molecule has 0 saturated carbocycles. The maximum absolute atomic E-state index is 12.4. The summed E-state index contributed by atoms with van der Waals surface area (Å²) in [5.74, 6) is -0.0638. The van der Waals surface area contributed by atoms with E-state index in [1.807, 2.05) is 6.07 Å². The highest BCUT2D eigenvalue weighted by atomic mass is 16.3. The normalized spacial score (nSPS) is 12.0. The predicted molar refractivity (Wildman–Crippen MR) is 119 cm³/mol. The number of nitriles is 1. The largest absolute Gasteiger partial charge is 0.493 e. The molecule has 0 fully saturated rings. The molecule has 0 unspecified atom stereocenters. The first-order chi connectivity index (χ1) is 14.8. The second kappa shape index (κ2) is 11.1. The van der Waals surface area contributed by atoms with Gasteiger partial charge in [0.1, 0.15) is 11.6 Å². The first-order valence-corrected chi connectivity index (χ1v) is 10.5. The number of aromatic hydroxyl groups is 1. The Morgan fingerprint density at radius 3 is 2.52 bits per heavy atom. The van der Waals surface area contributed by atoms with Crippen molar-refractivity contribution in [3.8, 4) is 11.9 Å². The van der Waals surface area contributed by atoms with Crippen LogP contribution in [0.3, 0.4) is 0 Å². The molecule has 0 aliphatic carbocycles. The fourth-order valence-corrected chi connectivity index (χ4v) is 3.19. The van der Waals surface area contributed by atoms with Crippen molar-refractivity contribution in [3.05, 3.63) is 51.3 Å². The Kier molecular flexibility index (Phi) is 8.50. The Labute approximate surface area is 182 Å². The van der Waals surface area contributed by atoms with Crippen molar-refractivity contribution in [2.75, 3.05) is 6.54 Å². The van der Waals surface area contributed by atoms with Gasteiger partial charge >= 0.3 is 0 Å². The number of azo groups is 1. The lowest BCUT2D eigenvalue weighted by atomic mass is 9.99. The smallest absolute Gasteiger partial charge is 0.281 e. The van der Waals surface area contributed by atoms with Crippen molar-refractivity contribution in [2.24, 2.45) is 23.2 Å². The highest BCUT2D eigenvalue weighted by Gasteiger charge is 2.17. The van der Waals surface area contributed by atoms with E-state index in [0.29, 0.717) is 23.7 Å². The van der Waals surface area contributed by atoms with Gasteiger partial charge in [-0.3, -0.25) is 14.2 Å². The minimum absolute atomic E-state index is 0.0173. The van der Waals surface area contributed by atoms with Gasteiger partial charge in [-0.25, -0.2) is 0 Å². The summed E-state index contributed by atoms with van der Waals surface area (Å²) < 4.78 is 0.956. The number of aromatic nitrogens is 1. The summed E-state index contributed by atoms with van der Waals surface area (Å²) in [4.78, 5) is 24.7. The predicted octanol–water partition coefficient (Wildman–Crippen LogP) is 4.63. The summed E-state index contributed by atoms with van der Waals surface area (Å²) in [6.07, 6.45) is 4.45. The van der Waals surface area contributed by atoms with Crippen LogP contribution in [0.2, 0.25) is 0 Å². The number of hydrogen-bond donors (Lipinski definition) is 2. The number of pyridine rings is 1. The van der Waals surface area contributed by atoms with Gasteiger partial charge in [0.25, 0.3) is 11.5 Å². The summed E-state index contributed by atoms with van der Waals surface area (Å²) >= 11 is 0. The quantitative estimate of drug-likeness (QED) is 0.571. The number of carbonyl (C=O) groups excluding carboxylic acids is 1. The van der Waals surface area contributed by atoms with Crippen LogP contribution in [0.5, 0.6) is 5.88 Å². The van der Waals surface area contributed by atoms with Crippen molar-refractivity contribution < 1.29 is 9.90 Å². The molecule has 1 atom stereocenters. The van der Waals surface area contributed by atoms with Crippen LogP contribution in [0, 0.1) is 24.2 Å². The molecule has 0 radical (unpaired) electrons. The summed E-state index contributed by atoms with van der Waals surface area (Å²) in [6, 6.07) is 8.45. The maximum atomic E-state index is 12.4. The Bertz CT molecular complexity index is 1050. The van der Waals surface area contributed by atoms with E-state index < -0.39 is 11.4 Å². The topological polar surface area (TPSA) is 120 Å². The molecular formula is C23H29N5O3. The molecule has 2 rings (SSSR count). The van der Waals surface area contributed by atoms with Crippen molar-refractivity contribution in [3.63, 3.8) is 0 Å². The molecule has 164 valence electrons. The third-order valence-corrected chi connectivity index (χ3v) is 5.38. The zero-order valence-corrected chi connectivity index (χ0v) is 18.5. The number of benzene rings is 1. The fraction of sp³-hybridized carbons (Fsp3) is 0.435. The third kappa shape index (κ3) is 5.79. The molecule has 1 aromatic heterocycles. The molecule has 2 aromatic rings. The molecule has 31 heavy (non-hydrogen) atoms. The molecule has 2 N–H and O–H groups in total. The average molecular weight is 424 g/mol. The SMILES string of the molecule is CCCC[C@@H](CC)CNC(=O)c1ccc(N=Nc2c(C)c(C#N)c(O)n(C)c2=O)cc1. The summed E-state index contributed by atoms with van der Waals surface area (Å²) in [5.41, 5.74) is 0.647. The van der Waals surface area contributed by atoms with Gasteiger partial charge in [0.15, 0.2) is 5.69 Å². The number of nitrogens with one attached hydrogen (secondary N) is 1. The van der Waals surface area contributed by atoms with Gasteiger partial charge in [0.05, 0.1) is 5.69 Å². The molecule has 1 heterocycles. The Morgan fingerprint density at radius 2 is 1.94 bits per heavy atom. The molecule has 8 heteroatoms. The summed E-state index contributed by atoms with van der Waals surface area (Å²) in [7, 11) is 1.36.